The van der Waals surface area contributed by atoms with Gasteiger partial charge in [-0.2, -0.15) is 5.26 Å². The van der Waals surface area contributed by atoms with E-state index in [1.54, 1.807) is 0 Å². The number of para-hydroxylation sites is 2. The second-order valence-corrected chi connectivity index (χ2v) is 14.7. The van der Waals surface area contributed by atoms with Gasteiger partial charge in [0.05, 0.1) is 45.1 Å². The summed E-state index contributed by atoms with van der Waals surface area (Å²) in [5.74, 6) is 0. The summed E-state index contributed by atoms with van der Waals surface area (Å²) in [6.07, 6.45) is 0. The van der Waals surface area contributed by atoms with Gasteiger partial charge in [0, 0.05) is 27.1 Å². The van der Waals surface area contributed by atoms with Crippen LogP contribution < -0.4 is 0 Å². The van der Waals surface area contributed by atoms with E-state index in [2.05, 4.69) is 188 Å². The van der Waals surface area contributed by atoms with Crippen LogP contribution in [0.4, 0.5) is 0 Å². The van der Waals surface area contributed by atoms with Gasteiger partial charge < -0.3 is 9.13 Å². The first-order valence-electron chi connectivity index (χ1n) is 18.8. The summed E-state index contributed by atoms with van der Waals surface area (Å²) in [5.41, 5.74) is 17.9. The highest BCUT2D eigenvalue weighted by Crippen LogP contribution is 2.43. The molecule has 0 amide bonds. The topological polar surface area (TPSA) is 33.6 Å². The van der Waals surface area contributed by atoms with E-state index in [0.717, 1.165) is 50.1 Å². The Morgan fingerprint density at radius 3 is 1.49 bits per heavy atom. The third-order valence-electron chi connectivity index (χ3n) is 11.3. The van der Waals surface area contributed by atoms with E-state index in [-0.39, 0.29) is 0 Å². The molecule has 8 aromatic carbocycles. The Balaban J connectivity index is 1.32. The van der Waals surface area contributed by atoms with Crippen molar-refractivity contribution in [2.45, 2.75) is 20.8 Å². The maximum absolute atomic E-state index is 9.99. The number of benzene rings is 8. The van der Waals surface area contributed by atoms with Crippen LogP contribution in [0.2, 0.25) is 0 Å². The zero-order valence-corrected chi connectivity index (χ0v) is 31.0. The number of fused-ring (bicyclic) bond motifs is 6. The van der Waals surface area contributed by atoms with Crippen molar-refractivity contribution in [3.05, 3.63) is 192 Å². The predicted molar refractivity (Wildman–Crippen MR) is 230 cm³/mol. The van der Waals surface area contributed by atoms with Crippen LogP contribution in [0.1, 0.15) is 22.3 Å². The van der Waals surface area contributed by atoms with Crippen LogP contribution in [0.25, 0.3) is 88.4 Å². The Morgan fingerprint density at radius 1 is 0.400 bits per heavy atom. The fourth-order valence-electron chi connectivity index (χ4n) is 8.50. The number of aromatic nitrogens is 2. The number of nitriles is 1. The molecule has 0 spiro atoms. The number of hydrogen-bond donors (Lipinski definition) is 0. The Bertz CT molecular complexity index is 3170. The van der Waals surface area contributed by atoms with Gasteiger partial charge in [0.15, 0.2) is 0 Å². The van der Waals surface area contributed by atoms with Crippen LogP contribution in [0.15, 0.2) is 170 Å². The third-order valence-corrected chi connectivity index (χ3v) is 11.3. The molecule has 0 saturated carbocycles. The molecule has 0 saturated heterocycles. The fraction of sp³-hybridized carbons (Fsp3) is 0.0577. The largest absolute Gasteiger partial charge is 0.309 e. The monoisotopic (exact) mass is 703 g/mol. The van der Waals surface area contributed by atoms with Crippen molar-refractivity contribution in [2.75, 3.05) is 0 Å². The van der Waals surface area contributed by atoms with Crippen LogP contribution >= 0.6 is 0 Å². The normalized spacial score (nSPS) is 11.5. The lowest BCUT2D eigenvalue weighted by Crippen LogP contribution is -2.06. The van der Waals surface area contributed by atoms with Crippen molar-refractivity contribution >= 4 is 43.6 Å². The van der Waals surface area contributed by atoms with Gasteiger partial charge in [-0.15, -0.1) is 0 Å². The predicted octanol–water partition coefficient (Wildman–Crippen LogP) is 13.7. The lowest BCUT2D eigenvalue weighted by atomic mass is 9.97. The smallest absolute Gasteiger partial charge is 0.0991 e. The van der Waals surface area contributed by atoms with Gasteiger partial charge in [0.25, 0.3) is 0 Å². The van der Waals surface area contributed by atoms with Crippen LogP contribution in [0, 0.1) is 32.1 Å². The molecule has 0 aliphatic heterocycles. The van der Waals surface area contributed by atoms with E-state index in [1.807, 2.05) is 18.2 Å². The number of aryl methyl sites for hydroxylation is 2. The van der Waals surface area contributed by atoms with Gasteiger partial charge in [-0.25, -0.2) is 0 Å². The van der Waals surface area contributed by atoms with Gasteiger partial charge >= 0.3 is 0 Å². The summed E-state index contributed by atoms with van der Waals surface area (Å²) in [7, 11) is 0. The molecular weight excluding hydrogens is 667 g/mol. The lowest BCUT2D eigenvalue weighted by Gasteiger charge is -2.21. The summed E-state index contributed by atoms with van der Waals surface area (Å²) in [5, 5.41) is 14.8. The standard InChI is InChI=1S/C52H37N3/c1-33-15-19-37(20-16-33)39-23-25-45-43-11-4-6-13-48(43)54(50(45)30-39)47-28-27-42(41-10-8-9-36(29-41)32-53)52(35(47)3)55-49-14-7-5-12-44(49)46-26-24-40(31-51(46)55)38-21-17-34(2)18-22-38/h4-31H,1-3H3. The molecule has 2 aromatic heterocycles. The SMILES string of the molecule is Cc1ccc(-c2ccc3c4ccccc4n(-c4ccc(-c5cccc(C#N)c5)c(-n5c6ccccc6c6ccc(-c7ccc(C)cc7)cc65)c4C)c3c2)cc1. The van der Waals surface area contributed by atoms with Crippen LogP contribution in [-0.2, 0) is 0 Å². The Labute approximate surface area is 320 Å². The molecule has 0 atom stereocenters. The average molecular weight is 704 g/mol. The average Bonchev–Trinajstić information content (AvgIpc) is 3.73. The molecule has 0 bridgehead atoms. The van der Waals surface area contributed by atoms with Gasteiger partial charge in [0.1, 0.15) is 0 Å². The third kappa shape index (κ3) is 5.26. The van der Waals surface area contributed by atoms with Gasteiger partial charge in [-0.3, -0.25) is 0 Å². The number of nitrogens with zero attached hydrogens (tertiary/aromatic N) is 3. The molecule has 55 heavy (non-hydrogen) atoms. The number of hydrogen-bond acceptors (Lipinski definition) is 1. The van der Waals surface area contributed by atoms with E-state index in [9.17, 15) is 5.26 Å². The van der Waals surface area contributed by atoms with Crippen molar-refractivity contribution in [3.63, 3.8) is 0 Å². The molecule has 0 unspecified atom stereocenters. The van der Waals surface area contributed by atoms with Crippen molar-refractivity contribution in [1.29, 1.82) is 5.26 Å². The molecule has 0 radical (unpaired) electrons. The van der Waals surface area contributed by atoms with Gasteiger partial charge in [-0.05, 0) is 96.6 Å². The summed E-state index contributed by atoms with van der Waals surface area (Å²) in [6.45, 7) is 6.52. The van der Waals surface area contributed by atoms with Crippen molar-refractivity contribution in [2.24, 2.45) is 0 Å². The summed E-state index contributed by atoms with van der Waals surface area (Å²) < 4.78 is 4.91. The first-order valence-corrected chi connectivity index (χ1v) is 18.8. The van der Waals surface area contributed by atoms with Crippen LogP contribution in [-0.4, -0.2) is 9.13 Å². The molecule has 260 valence electrons. The van der Waals surface area contributed by atoms with E-state index in [1.165, 1.54) is 54.9 Å². The number of rotatable bonds is 5. The minimum absolute atomic E-state index is 0.639. The highest BCUT2D eigenvalue weighted by Gasteiger charge is 2.23. The quantitative estimate of drug-likeness (QED) is 0.176. The second kappa shape index (κ2) is 12.8. The molecule has 0 N–H and O–H groups in total. The summed E-state index contributed by atoms with van der Waals surface area (Å²) >= 11 is 0. The van der Waals surface area contributed by atoms with E-state index >= 15 is 0 Å². The highest BCUT2D eigenvalue weighted by molar-refractivity contribution is 6.12. The molecule has 0 aliphatic rings. The van der Waals surface area contributed by atoms with Crippen LogP contribution in [0.3, 0.4) is 0 Å². The first kappa shape index (κ1) is 32.5. The van der Waals surface area contributed by atoms with Crippen molar-refractivity contribution in [1.82, 2.24) is 9.13 Å². The Hall–Kier alpha value is -7.15. The minimum Gasteiger partial charge on any atom is -0.309 e. The Morgan fingerprint density at radius 2 is 0.909 bits per heavy atom. The molecule has 2 heterocycles. The van der Waals surface area contributed by atoms with Crippen LogP contribution in [0.5, 0.6) is 0 Å². The summed E-state index contributed by atoms with van der Waals surface area (Å²) in [4.78, 5) is 0. The fourth-order valence-corrected chi connectivity index (χ4v) is 8.50. The van der Waals surface area contributed by atoms with Crippen molar-refractivity contribution in [3.8, 4) is 50.8 Å². The molecule has 3 nitrogen and oxygen atoms in total. The minimum atomic E-state index is 0.639. The molecule has 0 fully saturated rings. The molecule has 10 aromatic rings. The molecular formula is C52H37N3. The molecule has 0 aliphatic carbocycles. The van der Waals surface area contributed by atoms with Crippen molar-refractivity contribution < 1.29 is 0 Å². The van der Waals surface area contributed by atoms with Gasteiger partial charge in [-0.1, -0.05) is 139 Å². The first-order chi connectivity index (χ1) is 27.0. The highest BCUT2D eigenvalue weighted by atomic mass is 15.0. The maximum Gasteiger partial charge on any atom is 0.0991 e. The summed E-state index contributed by atoms with van der Waals surface area (Å²) in [6, 6.07) is 63.7. The van der Waals surface area contributed by atoms with E-state index in [0.29, 0.717) is 5.56 Å². The van der Waals surface area contributed by atoms with E-state index < -0.39 is 0 Å². The van der Waals surface area contributed by atoms with Gasteiger partial charge in [0.2, 0.25) is 0 Å². The maximum atomic E-state index is 9.99. The zero-order valence-electron chi connectivity index (χ0n) is 31.0. The second-order valence-electron chi connectivity index (χ2n) is 14.7. The Kier molecular flexibility index (Phi) is 7.54. The lowest BCUT2D eigenvalue weighted by molar-refractivity contribution is 1.10. The molecule has 10 rings (SSSR count). The van der Waals surface area contributed by atoms with E-state index in [4.69, 9.17) is 0 Å². The zero-order chi connectivity index (χ0) is 37.2. The molecule has 3 heteroatoms.